The molecule has 34 heavy (non-hydrogen) atoms. The first-order valence-corrected chi connectivity index (χ1v) is 13.6. The van der Waals surface area contributed by atoms with E-state index < -0.39 is 0 Å². The minimum Gasteiger partial charge on any atom is -0.385 e. The standard InChI is InChI=1S/C28H47N3O3/c1-3-29-21-26(20-23-12-6-4-7-13-23)30-28(32)31-17-10-16-25(22-31)27(34-19-11-18-33-2)24-14-8-5-9-15-24/h5,8-9,14-15,23,25-27,29H,3-4,6-7,10-13,16-22H2,1-2H3,(H,30,32). The van der Waals surface area contributed by atoms with Crippen LogP contribution in [0, 0.1) is 11.8 Å². The van der Waals surface area contributed by atoms with E-state index in [0.29, 0.717) is 19.1 Å². The molecule has 1 aromatic rings. The minimum atomic E-state index is 0.00782. The number of hydrogen-bond donors (Lipinski definition) is 2. The van der Waals surface area contributed by atoms with Crippen molar-refractivity contribution in [1.29, 1.82) is 0 Å². The van der Waals surface area contributed by atoms with Crippen molar-refractivity contribution in [3.05, 3.63) is 35.9 Å². The highest BCUT2D eigenvalue weighted by Crippen LogP contribution is 2.33. The maximum Gasteiger partial charge on any atom is 0.317 e. The monoisotopic (exact) mass is 473 g/mol. The molecule has 1 heterocycles. The Labute approximate surface area is 207 Å². The number of hydrogen-bond acceptors (Lipinski definition) is 4. The van der Waals surface area contributed by atoms with E-state index in [1.165, 1.54) is 37.7 Å². The summed E-state index contributed by atoms with van der Waals surface area (Å²) in [6, 6.07) is 10.8. The topological polar surface area (TPSA) is 62.8 Å². The zero-order valence-electron chi connectivity index (χ0n) is 21.5. The summed E-state index contributed by atoms with van der Waals surface area (Å²) in [6.07, 6.45) is 10.7. The van der Waals surface area contributed by atoms with Crippen LogP contribution in [0.2, 0.25) is 0 Å². The van der Waals surface area contributed by atoms with Crippen molar-refractivity contribution < 1.29 is 14.3 Å². The molecule has 2 N–H and O–H groups in total. The zero-order valence-corrected chi connectivity index (χ0v) is 21.5. The number of methoxy groups -OCH3 is 1. The predicted octanol–water partition coefficient (Wildman–Crippen LogP) is 5.15. The maximum absolute atomic E-state index is 13.3. The van der Waals surface area contributed by atoms with E-state index in [0.717, 1.165) is 57.8 Å². The second-order valence-corrected chi connectivity index (χ2v) is 10.1. The van der Waals surface area contributed by atoms with Gasteiger partial charge in [-0.3, -0.25) is 0 Å². The Morgan fingerprint density at radius 2 is 1.88 bits per heavy atom. The van der Waals surface area contributed by atoms with E-state index in [-0.39, 0.29) is 18.2 Å². The van der Waals surface area contributed by atoms with Crippen LogP contribution in [-0.2, 0) is 9.47 Å². The molecular formula is C28H47N3O3. The molecule has 3 unspecified atom stereocenters. The number of likely N-dealkylation sites (N-methyl/N-ethyl adjacent to an activating group) is 1. The fraction of sp³-hybridized carbons (Fsp3) is 0.750. The molecule has 1 saturated heterocycles. The number of amides is 2. The van der Waals surface area contributed by atoms with Gasteiger partial charge in [-0.05, 0) is 43.7 Å². The van der Waals surface area contributed by atoms with Crippen molar-refractivity contribution in [2.45, 2.75) is 76.9 Å². The number of urea groups is 1. The summed E-state index contributed by atoms with van der Waals surface area (Å²) in [7, 11) is 1.73. The second kappa shape index (κ2) is 15.4. The number of nitrogens with zero attached hydrogens (tertiary/aromatic N) is 1. The molecule has 1 aliphatic carbocycles. The highest BCUT2D eigenvalue weighted by atomic mass is 16.5. The molecule has 0 spiro atoms. The second-order valence-electron chi connectivity index (χ2n) is 10.1. The van der Waals surface area contributed by atoms with Crippen LogP contribution in [0.1, 0.15) is 76.4 Å². The number of nitrogens with one attached hydrogen (secondary N) is 2. The Bertz CT molecular complexity index is 681. The average Bonchev–Trinajstić information content (AvgIpc) is 2.88. The number of benzene rings is 1. The van der Waals surface area contributed by atoms with Crippen molar-refractivity contribution in [1.82, 2.24) is 15.5 Å². The largest absolute Gasteiger partial charge is 0.385 e. The lowest BCUT2D eigenvalue weighted by Gasteiger charge is -2.38. The lowest BCUT2D eigenvalue weighted by molar-refractivity contribution is -0.0168. The Kier molecular flexibility index (Phi) is 12.2. The quantitative estimate of drug-likeness (QED) is 0.389. The van der Waals surface area contributed by atoms with Gasteiger partial charge >= 0.3 is 6.03 Å². The predicted molar refractivity (Wildman–Crippen MR) is 138 cm³/mol. The molecule has 1 saturated carbocycles. The number of carbonyl (C=O) groups excluding carboxylic acids is 1. The maximum atomic E-state index is 13.3. The molecule has 6 nitrogen and oxygen atoms in total. The number of ether oxygens (including phenoxy) is 2. The van der Waals surface area contributed by atoms with Crippen molar-refractivity contribution in [3.63, 3.8) is 0 Å². The first-order valence-electron chi connectivity index (χ1n) is 13.6. The van der Waals surface area contributed by atoms with Crippen molar-refractivity contribution in [2.24, 2.45) is 11.8 Å². The first kappa shape index (κ1) is 27.0. The molecule has 0 radical (unpaired) electrons. The Morgan fingerprint density at radius 3 is 2.62 bits per heavy atom. The fourth-order valence-electron chi connectivity index (χ4n) is 5.61. The van der Waals surface area contributed by atoms with E-state index in [9.17, 15) is 4.79 Å². The van der Waals surface area contributed by atoms with Gasteiger partial charge in [0.1, 0.15) is 0 Å². The third-order valence-electron chi connectivity index (χ3n) is 7.40. The van der Waals surface area contributed by atoms with Gasteiger partial charge in [0.25, 0.3) is 0 Å². The van der Waals surface area contributed by atoms with Gasteiger partial charge in [-0.15, -0.1) is 0 Å². The van der Waals surface area contributed by atoms with Crippen molar-refractivity contribution in [3.8, 4) is 0 Å². The lowest BCUT2D eigenvalue weighted by Crippen LogP contribution is -2.52. The van der Waals surface area contributed by atoms with E-state index in [2.05, 4.69) is 41.8 Å². The average molecular weight is 474 g/mol. The summed E-state index contributed by atoms with van der Waals surface area (Å²) in [6.45, 7) is 6.85. The number of rotatable bonds is 13. The van der Waals surface area contributed by atoms with Gasteiger partial charge < -0.3 is 25.0 Å². The van der Waals surface area contributed by atoms with Crippen LogP contribution in [0.25, 0.3) is 0 Å². The van der Waals surface area contributed by atoms with E-state index >= 15 is 0 Å². The summed E-state index contributed by atoms with van der Waals surface area (Å²) in [5.74, 6) is 1.05. The Balaban J connectivity index is 1.60. The molecule has 3 atom stereocenters. The van der Waals surface area contributed by atoms with Crippen LogP contribution in [0.4, 0.5) is 4.79 Å². The van der Waals surface area contributed by atoms with Gasteiger partial charge in [-0.2, -0.15) is 0 Å². The number of likely N-dealkylation sites (tertiary alicyclic amines) is 1. The Hall–Kier alpha value is -1.63. The van der Waals surface area contributed by atoms with Gasteiger partial charge in [0.2, 0.25) is 0 Å². The molecule has 0 bridgehead atoms. The summed E-state index contributed by atoms with van der Waals surface area (Å²) in [5, 5.41) is 6.86. The molecule has 1 aromatic carbocycles. The van der Waals surface area contributed by atoms with Gasteiger partial charge in [0, 0.05) is 51.9 Å². The summed E-state index contributed by atoms with van der Waals surface area (Å²) < 4.78 is 11.6. The van der Waals surface area contributed by atoms with Crippen LogP contribution in [-0.4, -0.2) is 63.5 Å². The number of carbonyl (C=O) groups is 1. The van der Waals surface area contributed by atoms with Crippen LogP contribution in [0.3, 0.4) is 0 Å². The fourth-order valence-corrected chi connectivity index (χ4v) is 5.61. The van der Waals surface area contributed by atoms with E-state index in [1.807, 2.05) is 11.0 Å². The van der Waals surface area contributed by atoms with Crippen LogP contribution >= 0.6 is 0 Å². The zero-order chi connectivity index (χ0) is 24.0. The van der Waals surface area contributed by atoms with Gasteiger partial charge in [0.15, 0.2) is 0 Å². The van der Waals surface area contributed by atoms with E-state index in [4.69, 9.17) is 9.47 Å². The van der Waals surface area contributed by atoms with Crippen LogP contribution < -0.4 is 10.6 Å². The molecule has 192 valence electrons. The van der Waals surface area contributed by atoms with E-state index in [1.54, 1.807) is 7.11 Å². The third-order valence-corrected chi connectivity index (χ3v) is 7.40. The van der Waals surface area contributed by atoms with Gasteiger partial charge in [0.05, 0.1) is 6.10 Å². The molecule has 2 fully saturated rings. The molecule has 1 aliphatic heterocycles. The highest BCUT2D eigenvalue weighted by Gasteiger charge is 2.32. The van der Waals surface area contributed by atoms with Gasteiger partial charge in [-0.25, -0.2) is 4.79 Å². The molecule has 2 amide bonds. The normalized spacial score (nSPS) is 21.2. The van der Waals surface area contributed by atoms with Crippen molar-refractivity contribution >= 4 is 6.03 Å². The van der Waals surface area contributed by atoms with Gasteiger partial charge in [-0.1, -0.05) is 69.4 Å². The highest BCUT2D eigenvalue weighted by molar-refractivity contribution is 5.74. The van der Waals surface area contributed by atoms with Crippen LogP contribution in [0.15, 0.2) is 30.3 Å². The smallest absolute Gasteiger partial charge is 0.317 e. The summed E-state index contributed by atoms with van der Waals surface area (Å²) in [4.78, 5) is 15.4. The van der Waals surface area contributed by atoms with Crippen LogP contribution in [0.5, 0.6) is 0 Å². The SMILES string of the molecule is CCNCC(CC1CCCCC1)NC(=O)N1CCCC(C(OCCCOC)c2ccccc2)C1. The summed E-state index contributed by atoms with van der Waals surface area (Å²) >= 11 is 0. The molecule has 6 heteroatoms. The molecular weight excluding hydrogens is 426 g/mol. The Morgan fingerprint density at radius 1 is 1.09 bits per heavy atom. The van der Waals surface area contributed by atoms with Crippen molar-refractivity contribution in [2.75, 3.05) is 46.5 Å². The summed E-state index contributed by atoms with van der Waals surface area (Å²) in [5.41, 5.74) is 1.20. The minimum absolute atomic E-state index is 0.00782. The molecule has 2 aliphatic rings. The first-order chi connectivity index (χ1) is 16.7. The number of piperidine rings is 1. The third kappa shape index (κ3) is 8.86. The molecule has 0 aromatic heterocycles. The molecule has 3 rings (SSSR count). The lowest BCUT2D eigenvalue weighted by atomic mass is 9.84.